The van der Waals surface area contributed by atoms with Crippen LogP contribution >= 0.6 is 0 Å². The van der Waals surface area contributed by atoms with E-state index in [1.165, 1.54) is 10.6 Å². The van der Waals surface area contributed by atoms with E-state index in [0.29, 0.717) is 5.65 Å². The van der Waals surface area contributed by atoms with Gasteiger partial charge in [0.05, 0.1) is 6.42 Å². The first kappa shape index (κ1) is 15.8. The van der Waals surface area contributed by atoms with Gasteiger partial charge in [0.25, 0.3) is 5.91 Å². The largest absolute Gasteiger partial charge is 0.480 e. The van der Waals surface area contributed by atoms with Crippen molar-refractivity contribution in [3.63, 3.8) is 0 Å². The maximum absolute atomic E-state index is 12.3. The highest BCUT2D eigenvalue weighted by atomic mass is 19.4. The van der Waals surface area contributed by atoms with Gasteiger partial charge in [-0.1, -0.05) is 0 Å². The molecule has 0 saturated carbocycles. The Hall–Kier alpha value is -2.58. The summed E-state index contributed by atoms with van der Waals surface area (Å²) >= 11 is 0. The molecule has 0 bridgehead atoms. The number of carboxylic acids is 1. The Bertz CT molecular complexity index is 724. The summed E-state index contributed by atoms with van der Waals surface area (Å²) in [7, 11) is 0. The number of amides is 1. The van der Waals surface area contributed by atoms with Crippen molar-refractivity contribution in [2.45, 2.75) is 25.6 Å². The van der Waals surface area contributed by atoms with Crippen LogP contribution < -0.4 is 5.32 Å². The molecule has 1 atom stereocenters. The van der Waals surface area contributed by atoms with Crippen LogP contribution in [0.5, 0.6) is 0 Å². The average Bonchev–Trinajstić information content (AvgIpc) is 2.79. The van der Waals surface area contributed by atoms with E-state index in [1.807, 2.05) is 12.2 Å². The van der Waals surface area contributed by atoms with Gasteiger partial charge in [-0.25, -0.2) is 9.78 Å². The van der Waals surface area contributed by atoms with Crippen LogP contribution in [0.3, 0.4) is 0 Å². The van der Waals surface area contributed by atoms with Gasteiger partial charge in [-0.3, -0.25) is 4.79 Å². The lowest BCUT2D eigenvalue weighted by Gasteiger charge is -2.15. The summed E-state index contributed by atoms with van der Waals surface area (Å²) in [6.07, 6.45) is -3.40. The number of fused-ring (bicyclic) bond motifs is 1. The molecule has 1 amide bonds. The van der Waals surface area contributed by atoms with Crippen LogP contribution in [-0.4, -0.2) is 38.6 Å². The number of pyridine rings is 1. The predicted octanol–water partition coefficient (Wildman–Crippen LogP) is 1.78. The minimum atomic E-state index is -4.70. The molecule has 2 aromatic rings. The summed E-state index contributed by atoms with van der Waals surface area (Å²) in [4.78, 5) is 26.7. The smallest absolute Gasteiger partial charge is 0.391 e. The second kappa shape index (κ2) is 5.66. The highest BCUT2D eigenvalue weighted by Crippen LogP contribution is 2.21. The van der Waals surface area contributed by atoms with Crippen LogP contribution in [0.15, 0.2) is 24.5 Å². The number of imidazole rings is 1. The normalized spacial score (nSPS) is 13.1. The highest BCUT2D eigenvalue weighted by molar-refractivity contribution is 5.95. The zero-order valence-corrected chi connectivity index (χ0v) is 11.4. The molecule has 0 radical (unpaired) electrons. The average molecular weight is 315 g/mol. The summed E-state index contributed by atoms with van der Waals surface area (Å²) in [5.41, 5.74) is 1.18. The number of hydrogen-bond donors (Lipinski definition) is 2. The summed E-state index contributed by atoms with van der Waals surface area (Å²) in [5.74, 6) is -2.73. The molecule has 22 heavy (non-hydrogen) atoms. The van der Waals surface area contributed by atoms with Gasteiger partial charge in [-0.15, -0.1) is 0 Å². The van der Waals surface area contributed by atoms with E-state index >= 15 is 0 Å². The molecular weight excluding hydrogens is 303 g/mol. The fraction of sp³-hybridized carbons (Fsp3) is 0.308. The number of carbonyl (C=O) groups excluding carboxylic acids is 1. The fourth-order valence-electron chi connectivity index (χ4n) is 1.86. The number of hydrogen-bond acceptors (Lipinski definition) is 3. The van der Waals surface area contributed by atoms with Crippen molar-refractivity contribution in [1.29, 1.82) is 0 Å². The van der Waals surface area contributed by atoms with Crippen LogP contribution in [-0.2, 0) is 4.79 Å². The van der Waals surface area contributed by atoms with Gasteiger partial charge >= 0.3 is 12.1 Å². The highest BCUT2D eigenvalue weighted by Gasteiger charge is 2.36. The maximum Gasteiger partial charge on any atom is 0.391 e. The molecule has 0 aliphatic rings. The number of nitrogens with one attached hydrogen (secondary N) is 1. The maximum atomic E-state index is 12.3. The molecule has 0 fully saturated rings. The first-order valence-corrected chi connectivity index (χ1v) is 6.21. The fourth-order valence-corrected chi connectivity index (χ4v) is 1.86. The monoisotopic (exact) mass is 315 g/mol. The van der Waals surface area contributed by atoms with Crippen LogP contribution in [0, 0.1) is 6.92 Å². The molecule has 0 spiro atoms. The first-order valence-electron chi connectivity index (χ1n) is 6.21. The lowest BCUT2D eigenvalue weighted by molar-refractivity contribution is -0.157. The SMILES string of the molecule is Cc1ccn2cc(C(=O)NC(CC(F)(F)F)C(=O)O)nc2c1. The minimum Gasteiger partial charge on any atom is -0.480 e. The first-order chi connectivity index (χ1) is 10.2. The Morgan fingerprint density at radius 2 is 2.14 bits per heavy atom. The number of carboxylic acid groups (broad SMARTS) is 1. The second-order valence-electron chi connectivity index (χ2n) is 4.78. The molecule has 2 rings (SSSR count). The van der Waals surface area contributed by atoms with Gasteiger partial charge in [-0.05, 0) is 24.6 Å². The summed E-state index contributed by atoms with van der Waals surface area (Å²) in [6, 6.07) is 1.39. The van der Waals surface area contributed by atoms with Crippen molar-refractivity contribution in [3.05, 3.63) is 35.8 Å². The van der Waals surface area contributed by atoms with Crippen molar-refractivity contribution in [1.82, 2.24) is 14.7 Å². The van der Waals surface area contributed by atoms with Crippen molar-refractivity contribution in [2.75, 3.05) is 0 Å². The number of carbonyl (C=O) groups is 2. The molecule has 118 valence electrons. The number of aliphatic carboxylic acids is 1. The number of nitrogens with zero attached hydrogens (tertiary/aromatic N) is 2. The third-order valence-corrected chi connectivity index (χ3v) is 2.89. The standard InChI is InChI=1S/C13H12F3N3O3/c1-7-2-3-19-6-9(17-10(19)4-7)11(20)18-8(12(21)22)5-13(14,15)16/h2-4,6,8H,5H2,1H3,(H,18,20)(H,21,22). The summed E-state index contributed by atoms with van der Waals surface area (Å²) in [5, 5.41) is 10.6. The molecule has 0 aromatic carbocycles. The van der Waals surface area contributed by atoms with Gasteiger partial charge in [0.1, 0.15) is 17.4 Å². The zero-order chi connectivity index (χ0) is 16.5. The minimum absolute atomic E-state index is 0.154. The van der Waals surface area contributed by atoms with Crippen LogP contribution in [0.1, 0.15) is 22.5 Å². The van der Waals surface area contributed by atoms with Gasteiger partial charge in [0.2, 0.25) is 0 Å². The second-order valence-corrected chi connectivity index (χ2v) is 4.78. The molecule has 6 nitrogen and oxygen atoms in total. The molecule has 9 heteroatoms. The van der Waals surface area contributed by atoms with E-state index in [4.69, 9.17) is 5.11 Å². The van der Waals surface area contributed by atoms with Gasteiger partial charge in [-0.2, -0.15) is 13.2 Å². The van der Waals surface area contributed by atoms with Crippen molar-refractivity contribution in [2.24, 2.45) is 0 Å². The number of alkyl halides is 3. The quantitative estimate of drug-likeness (QED) is 0.901. The Morgan fingerprint density at radius 3 is 2.73 bits per heavy atom. The van der Waals surface area contributed by atoms with Crippen molar-refractivity contribution >= 4 is 17.5 Å². The predicted molar refractivity (Wildman–Crippen MR) is 69.5 cm³/mol. The third kappa shape index (κ3) is 3.74. The third-order valence-electron chi connectivity index (χ3n) is 2.89. The topological polar surface area (TPSA) is 83.7 Å². The molecule has 2 N–H and O–H groups in total. The van der Waals surface area contributed by atoms with Gasteiger partial charge in [0, 0.05) is 12.4 Å². The van der Waals surface area contributed by atoms with E-state index in [2.05, 4.69) is 4.98 Å². The summed E-state index contributed by atoms with van der Waals surface area (Å²) in [6.45, 7) is 1.82. The van der Waals surface area contributed by atoms with Crippen molar-refractivity contribution < 1.29 is 27.9 Å². The lowest BCUT2D eigenvalue weighted by atomic mass is 10.2. The molecule has 1 unspecified atom stereocenters. The Morgan fingerprint density at radius 1 is 1.45 bits per heavy atom. The number of aryl methyl sites for hydroxylation is 1. The molecule has 2 heterocycles. The van der Waals surface area contributed by atoms with Gasteiger partial charge < -0.3 is 14.8 Å². The Labute approximate surface area is 122 Å². The van der Waals surface area contributed by atoms with E-state index < -0.39 is 30.5 Å². The van der Waals surface area contributed by atoms with Gasteiger partial charge in [0.15, 0.2) is 0 Å². The number of rotatable bonds is 4. The van der Waals surface area contributed by atoms with Crippen molar-refractivity contribution in [3.8, 4) is 0 Å². The zero-order valence-electron chi connectivity index (χ0n) is 11.4. The number of aromatic nitrogens is 2. The Balaban J connectivity index is 2.19. The lowest BCUT2D eigenvalue weighted by Crippen LogP contribution is -2.43. The van der Waals surface area contributed by atoms with E-state index in [1.54, 1.807) is 18.3 Å². The molecule has 0 aliphatic carbocycles. The molecule has 0 saturated heterocycles. The number of halogens is 3. The molecular formula is C13H12F3N3O3. The molecule has 2 aromatic heterocycles. The molecule has 0 aliphatic heterocycles. The van der Waals surface area contributed by atoms with E-state index in [9.17, 15) is 22.8 Å². The van der Waals surface area contributed by atoms with E-state index in [0.717, 1.165) is 5.56 Å². The van der Waals surface area contributed by atoms with Crippen LogP contribution in [0.25, 0.3) is 5.65 Å². The summed E-state index contributed by atoms with van der Waals surface area (Å²) < 4.78 is 38.4. The Kier molecular flexibility index (Phi) is 4.07. The van der Waals surface area contributed by atoms with Crippen LogP contribution in [0.4, 0.5) is 13.2 Å². The van der Waals surface area contributed by atoms with Crippen LogP contribution in [0.2, 0.25) is 0 Å². The van der Waals surface area contributed by atoms with E-state index in [-0.39, 0.29) is 5.69 Å².